The lowest BCUT2D eigenvalue weighted by molar-refractivity contribution is -0.121. The summed E-state index contributed by atoms with van der Waals surface area (Å²) in [4.78, 5) is 15.7. The molecule has 0 radical (unpaired) electrons. The summed E-state index contributed by atoms with van der Waals surface area (Å²) in [6, 6.07) is 9.54. The average molecular weight is 230 g/mol. The zero-order chi connectivity index (χ0) is 12.3. The highest BCUT2D eigenvalue weighted by Crippen LogP contribution is 2.15. The van der Waals surface area contributed by atoms with E-state index in [-0.39, 0.29) is 18.1 Å². The number of carbonyl (C=O) groups is 1. The maximum atomic E-state index is 11.5. The van der Waals surface area contributed by atoms with Crippen LogP contribution >= 0.6 is 0 Å². The van der Waals surface area contributed by atoms with Gasteiger partial charge in [0.25, 0.3) is 0 Å². The van der Waals surface area contributed by atoms with Crippen LogP contribution in [0.25, 0.3) is 11.4 Å². The molecular formula is C13H14N2O2. The summed E-state index contributed by atoms with van der Waals surface area (Å²) < 4.78 is 5.06. The van der Waals surface area contributed by atoms with E-state index in [1.54, 1.807) is 0 Å². The molecular weight excluding hydrogens is 216 g/mol. The zero-order valence-electron chi connectivity index (χ0n) is 9.88. The molecule has 0 aliphatic heterocycles. The largest absolute Gasteiger partial charge is 0.339 e. The van der Waals surface area contributed by atoms with Crippen LogP contribution in [0.4, 0.5) is 0 Å². The first-order valence-electron chi connectivity index (χ1n) is 5.57. The molecule has 0 saturated heterocycles. The first kappa shape index (κ1) is 11.5. The van der Waals surface area contributed by atoms with E-state index in [0.717, 1.165) is 5.56 Å². The number of Topliss-reactive ketones (excluding diaryl/α,β-unsaturated/α-hetero) is 1. The molecule has 88 valence electrons. The molecule has 2 rings (SSSR count). The Balaban J connectivity index is 2.14. The zero-order valence-corrected chi connectivity index (χ0v) is 9.88. The molecule has 0 unspecified atom stereocenters. The van der Waals surface area contributed by atoms with Crippen molar-refractivity contribution in [2.24, 2.45) is 5.92 Å². The van der Waals surface area contributed by atoms with Crippen molar-refractivity contribution < 1.29 is 9.32 Å². The Bertz CT molecular complexity index is 503. The van der Waals surface area contributed by atoms with Crippen LogP contribution in [0.2, 0.25) is 0 Å². The Kier molecular flexibility index (Phi) is 3.32. The van der Waals surface area contributed by atoms with E-state index in [1.165, 1.54) is 0 Å². The predicted octanol–water partition coefficient (Wildman–Crippen LogP) is 2.50. The number of carbonyl (C=O) groups excluding carboxylic acids is 1. The summed E-state index contributed by atoms with van der Waals surface area (Å²) in [5.74, 6) is 0.995. The molecule has 4 heteroatoms. The highest BCUT2D eigenvalue weighted by atomic mass is 16.5. The van der Waals surface area contributed by atoms with Gasteiger partial charge in [-0.15, -0.1) is 0 Å². The smallest absolute Gasteiger partial charge is 0.234 e. The van der Waals surface area contributed by atoms with Crippen LogP contribution < -0.4 is 0 Å². The highest BCUT2D eigenvalue weighted by molar-refractivity contribution is 5.81. The van der Waals surface area contributed by atoms with Crippen LogP contribution in [0.5, 0.6) is 0 Å². The first-order valence-corrected chi connectivity index (χ1v) is 5.57. The van der Waals surface area contributed by atoms with Gasteiger partial charge >= 0.3 is 0 Å². The molecule has 0 aliphatic carbocycles. The second-order valence-corrected chi connectivity index (χ2v) is 4.18. The molecule has 0 saturated carbocycles. The monoisotopic (exact) mass is 230 g/mol. The van der Waals surface area contributed by atoms with E-state index in [9.17, 15) is 4.79 Å². The molecule has 1 heterocycles. The van der Waals surface area contributed by atoms with Crippen LogP contribution in [0.15, 0.2) is 34.9 Å². The van der Waals surface area contributed by atoms with Crippen molar-refractivity contribution in [2.75, 3.05) is 0 Å². The van der Waals surface area contributed by atoms with Gasteiger partial charge in [-0.05, 0) is 0 Å². The second-order valence-electron chi connectivity index (χ2n) is 4.18. The Hall–Kier alpha value is -1.97. The van der Waals surface area contributed by atoms with E-state index in [4.69, 9.17) is 4.52 Å². The van der Waals surface area contributed by atoms with E-state index in [1.807, 2.05) is 44.2 Å². The van der Waals surface area contributed by atoms with Gasteiger partial charge in [0.1, 0.15) is 5.78 Å². The fraction of sp³-hybridized carbons (Fsp3) is 0.308. The number of hydrogen-bond donors (Lipinski definition) is 0. The summed E-state index contributed by atoms with van der Waals surface area (Å²) in [7, 11) is 0. The minimum Gasteiger partial charge on any atom is -0.339 e. The lowest BCUT2D eigenvalue weighted by Gasteiger charge is -1.98. The van der Waals surface area contributed by atoms with Crippen molar-refractivity contribution >= 4 is 5.78 Å². The van der Waals surface area contributed by atoms with E-state index < -0.39 is 0 Å². The Morgan fingerprint density at radius 2 is 2.00 bits per heavy atom. The Morgan fingerprint density at radius 3 is 2.65 bits per heavy atom. The summed E-state index contributed by atoms with van der Waals surface area (Å²) in [5, 5.41) is 3.86. The maximum Gasteiger partial charge on any atom is 0.234 e. The SMILES string of the molecule is CC(C)C(=O)Cc1nc(-c2ccccc2)no1. The second kappa shape index (κ2) is 4.91. The van der Waals surface area contributed by atoms with E-state index >= 15 is 0 Å². The standard InChI is InChI=1S/C13H14N2O2/c1-9(2)11(16)8-12-14-13(15-17-12)10-6-4-3-5-7-10/h3-7,9H,8H2,1-2H3. The fourth-order valence-electron chi connectivity index (χ4n) is 1.38. The van der Waals surface area contributed by atoms with Crippen LogP contribution in [-0.2, 0) is 11.2 Å². The summed E-state index contributed by atoms with van der Waals surface area (Å²) in [5.41, 5.74) is 0.888. The molecule has 2 aromatic rings. The number of aromatic nitrogens is 2. The van der Waals surface area contributed by atoms with Crippen molar-refractivity contribution in [3.8, 4) is 11.4 Å². The highest BCUT2D eigenvalue weighted by Gasteiger charge is 2.14. The average Bonchev–Trinajstić information content (AvgIpc) is 2.78. The molecule has 0 aliphatic rings. The van der Waals surface area contributed by atoms with Gasteiger partial charge in [0.05, 0.1) is 6.42 Å². The quantitative estimate of drug-likeness (QED) is 0.809. The fourth-order valence-corrected chi connectivity index (χ4v) is 1.38. The van der Waals surface area contributed by atoms with Gasteiger partial charge < -0.3 is 4.52 Å². The van der Waals surface area contributed by atoms with Gasteiger partial charge in [-0.1, -0.05) is 49.3 Å². The van der Waals surface area contributed by atoms with Crippen molar-refractivity contribution in [1.82, 2.24) is 10.1 Å². The van der Waals surface area contributed by atoms with Crippen LogP contribution in [0, 0.1) is 5.92 Å². The van der Waals surface area contributed by atoms with Crippen LogP contribution in [0.3, 0.4) is 0 Å². The minimum absolute atomic E-state index is 0.0120. The van der Waals surface area contributed by atoms with Gasteiger partial charge in [-0.2, -0.15) is 4.98 Å². The predicted molar refractivity (Wildman–Crippen MR) is 63.3 cm³/mol. The molecule has 0 spiro atoms. The molecule has 0 atom stereocenters. The van der Waals surface area contributed by atoms with Gasteiger partial charge in [-0.25, -0.2) is 0 Å². The molecule has 0 bridgehead atoms. The van der Waals surface area contributed by atoms with Crippen LogP contribution in [0.1, 0.15) is 19.7 Å². The van der Waals surface area contributed by atoms with E-state index in [2.05, 4.69) is 10.1 Å². The van der Waals surface area contributed by atoms with Crippen molar-refractivity contribution in [3.05, 3.63) is 36.2 Å². The summed E-state index contributed by atoms with van der Waals surface area (Å²) in [6.45, 7) is 3.72. The lowest BCUT2D eigenvalue weighted by atomic mass is 10.1. The number of ketones is 1. The topological polar surface area (TPSA) is 56.0 Å². The first-order chi connectivity index (χ1) is 8.16. The normalized spacial score (nSPS) is 10.8. The Labute approximate surface area is 99.7 Å². The molecule has 17 heavy (non-hydrogen) atoms. The summed E-state index contributed by atoms with van der Waals surface area (Å²) >= 11 is 0. The van der Waals surface area contributed by atoms with E-state index in [0.29, 0.717) is 11.7 Å². The van der Waals surface area contributed by atoms with Gasteiger partial charge in [0, 0.05) is 11.5 Å². The van der Waals surface area contributed by atoms with Crippen molar-refractivity contribution in [3.63, 3.8) is 0 Å². The van der Waals surface area contributed by atoms with Crippen molar-refractivity contribution in [1.29, 1.82) is 0 Å². The molecule has 1 aromatic carbocycles. The molecule has 0 amide bonds. The third kappa shape index (κ3) is 2.78. The Morgan fingerprint density at radius 1 is 1.29 bits per heavy atom. The molecule has 4 nitrogen and oxygen atoms in total. The third-order valence-electron chi connectivity index (χ3n) is 2.47. The minimum atomic E-state index is -0.0120. The number of rotatable bonds is 4. The summed E-state index contributed by atoms with van der Waals surface area (Å²) in [6.07, 6.45) is 0.206. The molecule has 0 N–H and O–H groups in total. The lowest BCUT2D eigenvalue weighted by Crippen LogP contribution is -2.10. The molecule has 0 fully saturated rings. The van der Waals surface area contributed by atoms with Gasteiger partial charge in [-0.3, -0.25) is 4.79 Å². The number of hydrogen-bond acceptors (Lipinski definition) is 4. The van der Waals surface area contributed by atoms with Crippen molar-refractivity contribution in [2.45, 2.75) is 20.3 Å². The maximum absolute atomic E-state index is 11.5. The van der Waals surface area contributed by atoms with Gasteiger partial charge in [0.15, 0.2) is 0 Å². The number of benzene rings is 1. The van der Waals surface area contributed by atoms with Gasteiger partial charge in [0.2, 0.25) is 11.7 Å². The third-order valence-corrected chi connectivity index (χ3v) is 2.47. The molecule has 1 aromatic heterocycles. The van der Waals surface area contributed by atoms with Crippen LogP contribution in [-0.4, -0.2) is 15.9 Å². The number of nitrogens with zero attached hydrogens (tertiary/aromatic N) is 2.